The van der Waals surface area contributed by atoms with Gasteiger partial charge in [0, 0.05) is 38.2 Å². The minimum Gasteiger partial charge on any atom is -0.388 e. The van der Waals surface area contributed by atoms with E-state index in [-0.39, 0.29) is 11.6 Å². The fraction of sp³-hybridized carbons (Fsp3) is 0.632. The summed E-state index contributed by atoms with van der Waals surface area (Å²) in [5, 5.41) is 18.0. The number of H-pyrrole nitrogens is 1. The van der Waals surface area contributed by atoms with Crippen molar-refractivity contribution in [2.24, 2.45) is 0 Å². The van der Waals surface area contributed by atoms with E-state index in [0.717, 1.165) is 25.5 Å². The summed E-state index contributed by atoms with van der Waals surface area (Å²) >= 11 is 0. The van der Waals surface area contributed by atoms with E-state index in [1.807, 2.05) is 13.1 Å². The second-order valence-corrected chi connectivity index (χ2v) is 8.07. The Morgan fingerprint density at radius 1 is 1.43 bits per heavy atom. The molecule has 2 aromatic heterocycles. The van der Waals surface area contributed by atoms with E-state index in [1.54, 1.807) is 19.2 Å². The van der Waals surface area contributed by atoms with Gasteiger partial charge in [-0.05, 0) is 33.1 Å². The maximum absolute atomic E-state index is 12.6. The number of aromatic nitrogens is 3. The summed E-state index contributed by atoms with van der Waals surface area (Å²) in [6, 6.07) is 1.59. The van der Waals surface area contributed by atoms with Crippen LogP contribution in [0.4, 0.5) is 0 Å². The number of rotatable bonds is 4. The molecule has 9 nitrogen and oxygen atoms in total. The molecule has 4 rings (SSSR count). The van der Waals surface area contributed by atoms with Gasteiger partial charge in [-0.1, -0.05) is 5.16 Å². The fourth-order valence-corrected chi connectivity index (χ4v) is 4.29. The Hall–Kier alpha value is -2.23. The third-order valence-electron chi connectivity index (χ3n) is 6.00. The molecule has 0 aromatic carbocycles. The maximum Gasteiger partial charge on any atom is 0.273 e. The van der Waals surface area contributed by atoms with Crippen LogP contribution in [-0.4, -0.2) is 68.0 Å². The highest BCUT2D eigenvalue weighted by atomic mass is 16.5. The number of ether oxygens (including phenoxy) is 1. The van der Waals surface area contributed by atoms with Crippen LogP contribution < -0.4 is 5.32 Å². The second kappa shape index (κ2) is 7.31. The monoisotopic (exact) mass is 389 g/mol. The Bertz CT molecular complexity index is 812. The third-order valence-corrected chi connectivity index (χ3v) is 6.00. The molecule has 3 N–H and O–H groups in total. The van der Waals surface area contributed by atoms with Gasteiger partial charge in [-0.2, -0.15) is 0 Å². The molecule has 0 unspecified atom stereocenters. The number of nitrogens with zero attached hydrogens (tertiary/aromatic N) is 3. The van der Waals surface area contributed by atoms with Crippen molar-refractivity contribution in [3.05, 3.63) is 35.7 Å². The quantitative estimate of drug-likeness (QED) is 0.714. The lowest BCUT2D eigenvalue weighted by molar-refractivity contribution is -0.206. The lowest BCUT2D eigenvalue weighted by Crippen LogP contribution is -2.69. The summed E-state index contributed by atoms with van der Waals surface area (Å²) in [7, 11) is 0. The van der Waals surface area contributed by atoms with Crippen molar-refractivity contribution in [1.29, 1.82) is 0 Å². The first-order chi connectivity index (χ1) is 13.4. The molecular weight excluding hydrogens is 362 g/mol. The first-order valence-corrected chi connectivity index (χ1v) is 9.69. The smallest absolute Gasteiger partial charge is 0.273 e. The van der Waals surface area contributed by atoms with Crippen molar-refractivity contribution in [2.75, 3.05) is 19.7 Å². The number of imidazole rings is 1. The molecular formula is C19H27N5O4. The van der Waals surface area contributed by atoms with E-state index in [0.29, 0.717) is 31.6 Å². The molecule has 2 saturated heterocycles. The van der Waals surface area contributed by atoms with Gasteiger partial charge in [0.2, 0.25) is 0 Å². The number of hydrogen-bond donors (Lipinski definition) is 3. The number of piperidine rings is 1. The lowest BCUT2D eigenvalue weighted by atomic mass is 9.73. The molecule has 0 bridgehead atoms. The van der Waals surface area contributed by atoms with Gasteiger partial charge in [-0.15, -0.1) is 0 Å². The normalized spacial score (nSPS) is 27.8. The van der Waals surface area contributed by atoms with E-state index in [4.69, 9.17) is 9.26 Å². The maximum atomic E-state index is 12.6. The molecule has 1 amide bonds. The van der Waals surface area contributed by atoms with Crippen molar-refractivity contribution in [3.8, 4) is 0 Å². The summed E-state index contributed by atoms with van der Waals surface area (Å²) in [6.45, 7) is 6.44. The average Bonchev–Trinajstić information content (AvgIpc) is 3.33. The minimum atomic E-state index is -0.809. The van der Waals surface area contributed by atoms with Gasteiger partial charge in [0.05, 0.1) is 17.7 Å². The van der Waals surface area contributed by atoms with Crippen LogP contribution in [0.3, 0.4) is 0 Å². The van der Waals surface area contributed by atoms with Crippen LogP contribution in [0.15, 0.2) is 23.0 Å². The number of aryl methyl sites for hydroxylation is 1. The van der Waals surface area contributed by atoms with Crippen LogP contribution in [-0.2, 0) is 11.3 Å². The van der Waals surface area contributed by atoms with Crippen LogP contribution >= 0.6 is 0 Å². The summed E-state index contributed by atoms with van der Waals surface area (Å²) in [4.78, 5) is 22.3. The van der Waals surface area contributed by atoms with Crippen LogP contribution in [0, 0.1) is 6.92 Å². The Morgan fingerprint density at radius 2 is 2.21 bits per heavy atom. The first kappa shape index (κ1) is 19.1. The topological polar surface area (TPSA) is 117 Å². The molecule has 0 radical (unpaired) electrons. The van der Waals surface area contributed by atoms with Crippen LogP contribution in [0.2, 0.25) is 0 Å². The predicted molar refractivity (Wildman–Crippen MR) is 99.5 cm³/mol. The number of carbonyl (C=O) groups excluding carboxylic acids is 1. The molecule has 0 aliphatic carbocycles. The van der Waals surface area contributed by atoms with Gasteiger partial charge in [0.15, 0.2) is 5.69 Å². The van der Waals surface area contributed by atoms with Crippen LogP contribution in [0.25, 0.3) is 0 Å². The van der Waals surface area contributed by atoms with E-state index < -0.39 is 17.2 Å². The second-order valence-electron chi connectivity index (χ2n) is 8.07. The Labute approximate surface area is 163 Å². The fourth-order valence-electron chi connectivity index (χ4n) is 4.29. The molecule has 2 aromatic rings. The molecule has 0 saturated carbocycles. The first-order valence-electron chi connectivity index (χ1n) is 9.69. The number of hydrogen-bond acceptors (Lipinski definition) is 7. The van der Waals surface area contributed by atoms with Crippen molar-refractivity contribution in [2.45, 2.75) is 56.9 Å². The molecule has 152 valence electrons. The standard InChI is InChI=1S/C19H27N5O4/c1-13-11-14(23-28-13)16(25)22-18(2)5-10-27-19(17(18)26)3-8-24(9-4-19)12-15-20-6-7-21-15/h6-7,11,17,26H,3-5,8-10,12H2,1-2H3,(H,20,21)(H,22,25)/t17-,18+/m1/s1. The number of nitrogens with one attached hydrogen (secondary N) is 2. The summed E-state index contributed by atoms with van der Waals surface area (Å²) in [5.41, 5.74) is -1.22. The van der Waals surface area contributed by atoms with Crippen molar-refractivity contribution in [1.82, 2.24) is 25.3 Å². The zero-order valence-electron chi connectivity index (χ0n) is 16.3. The number of carbonyl (C=O) groups is 1. The zero-order chi connectivity index (χ0) is 19.8. The van der Waals surface area contributed by atoms with Crippen molar-refractivity contribution >= 4 is 5.91 Å². The SMILES string of the molecule is Cc1cc(C(=O)N[C@@]2(C)CCOC3(CCN(Cc4ncc[nH]4)CC3)[C@@H]2O)no1. The Morgan fingerprint density at radius 3 is 2.86 bits per heavy atom. The predicted octanol–water partition coefficient (Wildman–Crippen LogP) is 1.01. The van der Waals surface area contributed by atoms with Crippen LogP contribution in [0.1, 0.15) is 48.3 Å². The molecule has 9 heteroatoms. The number of aliphatic hydroxyl groups is 1. The summed E-state index contributed by atoms with van der Waals surface area (Å²) < 4.78 is 11.1. The van der Waals surface area contributed by atoms with E-state index in [2.05, 4.69) is 25.3 Å². The van der Waals surface area contributed by atoms with Crippen molar-refractivity contribution in [3.63, 3.8) is 0 Å². The number of aliphatic hydroxyl groups excluding tert-OH is 1. The third kappa shape index (κ3) is 3.57. The number of amides is 1. The number of likely N-dealkylation sites (tertiary alicyclic amines) is 1. The van der Waals surface area contributed by atoms with Gasteiger partial charge in [-0.3, -0.25) is 9.69 Å². The highest BCUT2D eigenvalue weighted by Gasteiger charge is 2.53. The average molecular weight is 389 g/mol. The highest BCUT2D eigenvalue weighted by Crippen LogP contribution is 2.40. The largest absolute Gasteiger partial charge is 0.388 e. The molecule has 28 heavy (non-hydrogen) atoms. The molecule has 1 spiro atoms. The summed E-state index contributed by atoms with van der Waals surface area (Å²) in [6.07, 6.45) is 4.69. The van der Waals surface area contributed by atoms with E-state index >= 15 is 0 Å². The Kier molecular flexibility index (Phi) is 4.98. The molecule has 2 atom stereocenters. The Balaban J connectivity index is 1.42. The van der Waals surface area contributed by atoms with Gasteiger partial charge >= 0.3 is 0 Å². The van der Waals surface area contributed by atoms with Crippen molar-refractivity contribution < 1.29 is 19.2 Å². The van der Waals surface area contributed by atoms with Gasteiger partial charge in [0.25, 0.3) is 5.91 Å². The van der Waals surface area contributed by atoms with Gasteiger partial charge in [-0.25, -0.2) is 4.98 Å². The summed E-state index contributed by atoms with van der Waals surface area (Å²) in [5.74, 6) is 1.16. The highest BCUT2D eigenvalue weighted by molar-refractivity contribution is 5.92. The minimum absolute atomic E-state index is 0.222. The van der Waals surface area contributed by atoms with Gasteiger partial charge in [0.1, 0.15) is 17.7 Å². The molecule has 2 aliphatic rings. The zero-order valence-corrected chi connectivity index (χ0v) is 16.3. The molecule has 2 fully saturated rings. The van der Waals surface area contributed by atoms with E-state index in [9.17, 15) is 9.90 Å². The van der Waals surface area contributed by atoms with E-state index in [1.165, 1.54) is 0 Å². The van der Waals surface area contributed by atoms with Gasteiger partial charge < -0.3 is 24.7 Å². The van der Waals surface area contributed by atoms with Crippen LogP contribution in [0.5, 0.6) is 0 Å². The lowest BCUT2D eigenvalue weighted by Gasteiger charge is -2.53. The molecule has 4 heterocycles. The number of aromatic amines is 1. The molecule has 2 aliphatic heterocycles.